The maximum Gasteiger partial charge on any atom is 0.272 e. The second-order valence-electron chi connectivity index (χ2n) is 7.15. The van der Waals surface area contributed by atoms with E-state index in [9.17, 15) is 4.79 Å². The molecule has 0 spiro atoms. The minimum Gasteiger partial charge on any atom is -0.368 e. The summed E-state index contributed by atoms with van der Waals surface area (Å²) in [6.07, 6.45) is 8.71. The van der Waals surface area contributed by atoms with Crippen LogP contribution in [-0.4, -0.2) is 33.7 Å². The number of H-pyrrole nitrogens is 1. The Kier molecular flexibility index (Phi) is 5.32. The lowest BCUT2D eigenvalue weighted by atomic mass is 9.95. The molecule has 1 aromatic carbocycles. The van der Waals surface area contributed by atoms with Gasteiger partial charge in [-0.3, -0.25) is 4.79 Å². The predicted octanol–water partition coefficient (Wildman–Crippen LogP) is 3.68. The number of hydrogen-bond acceptors (Lipinski definition) is 4. The summed E-state index contributed by atoms with van der Waals surface area (Å²) in [5.41, 5.74) is 2.80. The zero-order valence-electron chi connectivity index (χ0n) is 15.4. The van der Waals surface area contributed by atoms with Crippen molar-refractivity contribution in [3.8, 4) is 0 Å². The SMILES string of the molecule is O=C(NC1CCCCC1)c1ccc(NCCc2c[nH]c3ccccc23)nn1. The Morgan fingerprint density at radius 2 is 1.93 bits per heavy atom. The molecule has 1 aliphatic rings. The molecule has 0 atom stereocenters. The molecule has 6 nitrogen and oxygen atoms in total. The van der Waals surface area contributed by atoms with E-state index in [0.29, 0.717) is 11.5 Å². The average Bonchev–Trinajstić information content (AvgIpc) is 3.12. The van der Waals surface area contributed by atoms with Gasteiger partial charge in [0.1, 0.15) is 5.82 Å². The minimum atomic E-state index is -0.125. The van der Waals surface area contributed by atoms with Crippen molar-refractivity contribution >= 4 is 22.6 Å². The third-order valence-corrected chi connectivity index (χ3v) is 5.21. The lowest BCUT2D eigenvalue weighted by Crippen LogP contribution is -2.36. The van der Waals surface area contributed by atoms with Crippen molar-refractivity contribution in [3.63, 3.8) is 0 Å². The van der Waals surface area contributed by atoms with E-state index in [1.165, 1.54) is 30.2 Å². The van der Waals surface area contributed by atoms with Crippen molar-refractivity contribution in [3.05, 3.63) is 53.9 Å². The number of aromatic amines is 1. The molecule has 1 amide bonds. The van der Waals surface area contributed by atoms with E-state index in [2.05, 4.69) is 50.2 Å². The van der Waals surface area contributed by atoms with Gasteiger partial charge in [0.05, 0.1) is 0 Å². The van der Waals surface area contributed by atoms with E-state index >= 15 is 0 Å². The van der Waals surface area contributed by atoms with Crippen LogP contribution in [0.2, 0.25) is 0 Å². The molecule has 0 aliphatic heterocycles. The second-order valence-corrected chi connectivity index (χ2v) is 7.15. The molecule has 4 rings (SSSR count). The van der Waals surface area contributed by atoms with Gasteiger partial charge in [0.15, 0.2) is 5.69 Å². The van der Waals surface area contributed by atoms with Gasteiger partial charge in [-0.25, -0.2) is 0 Å². The van der Waals surface area contributed by atoms with Gasteiger partial charge in [0.25, 0.3) is 5.91 Å². The molecule has 6 heteroatoms. The normalized spacial score (nSPS) is 15.0. The van der Waals surface area contributed by atoms with E-state index in [1.54, 1.807) is 6.07 Å². The van der Waals surface area contributed by atoms with Gasteiger partial charge >= 0.3 is 0 Å². The van der Waals surface area contributed by atoms with Crippen LogP contribution in [0, 0.1) is 0 Å². The van der Waals surface area contributed by atoms with E-state index in [4.69, 9.17) is 0 Å². The molecule has 0 bridgehead atoms. The molecule has 0 radical (unpaired) electrons. The largest absolute Gasteiger partial charge is 0.368 e. The fourth-order valence-electron chi connectivity index (χ4n) is 3.72. The molecule has 0 saturated heterocycles. The van der Waals surface area contributed by atoms with Crippen LogP contribution in [0.4, 0.5) is 5.82 Å². The number of rotatable bonds is 6. The lowest BCUT2D eigenvalue weighted by molar-refractivity contribution is 0.0921. The predicted molar refractivity (Wildman–Crippen MR) is 107 cm³/mol. The molecule has 2 heterocycles. The van der Waals surface area contributed by atoms with Gasteiger partial charge in [-0.05, 0) is 43.0 Å². The van der Waals surface area contributed by atoms with E-state index < -0.39 is 0 Å². The lowest BCUT2D eigenvalue weighted by Gasteiger charge is -2.22. The van der Waals surface area contributed by atoms with Gasteiger partial charge in [0.2, 0.25) is 0 Å². The Hall–Kier alpha value is -2.89. The Bertz CT molecular complexity index is 896. The zero-order valence-corrected chi connectivity index (χ0v) is 15.4. The van der Waals surface area contributed by atoms with Gasteiger partial charge < -0.3 is 15.6 Å². The van der Waals surface area contributed by atoms with E-state index in [0.717, 1.165) is 31.3 Å². The Labute approximate surface area is 158 Å². The first kappa shape index (κ1) is 17.5. The number of aromatic nitrogens is 3. The number of amides is 1. The molecule has 1 fully saturated rings. The number of hydrogen-bond donors (Lipinski definition) is 3. The van der Waals surface area contributed by atoms with Gasteiger partial charge in [-0.2, -0.15) is 0 Å². The standard InChI is InChI=1S/C21H25N5O/c27-21(24-16-6-2-1-3-7-16)19-10-11-20(26-25-19)22-13-12-15-14-23-18-9-5-4-8-17(15)18/h4-5,8-11,14,16,23H,1-3,6-7,12-13H2,(H,22,26)(H,24,27). The van der Waals surface area contributed by atoms with Crippen molar-refractivity contribution in [2.24, 2.45) is 0 Å². The molecule has 2 aromatic heterocycles. The molecular weight excluding hydrogens is 338 g/mol. The smallest absolute Gasteiger partial charge is 0.272 e. The topological polar surface area (TPSA) is 82.7 Å². The Morgan fingerprint density at radius 3 is 2.74 bits per heavy atom. The fraction of sp³-hybridized carbons (Fsp3) is 0.381. The monoisotopic (exact) mass is 363 g/mol. The summed E-state index contributed by atoms with van der Waals surface area (Å²) < 4.78 is 0. The second kappa shape index (κ2) is 8.20. The number of para-hydroxylation sites is 1. The van der Waals surface area contributed by atoms with Crippen molar-refractivity contribution in [1.29, 1.82) is 0 Å². The van der Waals surface area contributed by atoms with Gasteiger partial charge in [-0.15, -0.1) is 10.2 Å². The van der Waals surface area contributed by atoms with E-state index in [-0.39, 0.29) is 11.9 Å². The number of nitrogens with zero attached hydrogens (tertiary/aromatic N) is 2. The third-order valence-electron chi connectivity index (χ3n) is 5.21. The van der Waals surface area contributed by atoms with Crippen LogP contribution >= 0.6 is 0 Å². The zero-order chi connectivity index (χ0) is 18.5. The van der Waals surface area contributed by atoms with Crippen LogP contribution in [0.3, 0.4) is 0 Å². The van der Waals surface area contributed by atoms with Crippen LogP contribution in [0.15, 0.2) is 42.6 Å². The van der Waals surface area contributed by atoms with Crippen molar-refractivity contribution in [2.45, 2.75) is 44.6 Å². The van der Waals surface area contributed by atoms with Crippen molar-refractivity contribution in [2.75, 3.05) is 11.9 Å². The number of anilines is 1. The number of carbonyl (C=O) groups is 1. The van der Waals surface area contributed by atoms with Crippen molar-refractivity contribution < 1.29 is 4.79 Å². The molecule has 1 saturated carbocycles. The van der Waals surface area contributed by atoms with Crippen LogP contribution < -0.4 is 10.6 Å². The highest BCUT2D eigenvalue weighted by molar-refractivity contribution is 5.92. The molecule has 3 aromatic rings. The molecule has 27 heavy (non-hydrogen) atoms. The maximum absolute atomic E-state index is 12.3. The highest BCUT2D eigenvalue weighted by Crippen LogP contribution is 2.19. The molecular formula is C21H25N5O. The first-order valence-corrected chi connectivity index (χ1v) is 9.73. The summed E-state index contributed by atoms with van der Waals surface area (Å²) in [4.78, 5) is 15.6. The maximum atomic E-state index is 12.3. The summed E-state index contributed by atoms with van der Waals surface area (Å²) in [7, 11) is 0. The summed E-state index contributed by atoms with van der Waals surface area (Å²) in [6.45, 7) is 0.754. The van der Waals surface area contributed by atoms with Crippen LogP contribution in [-0.2, 0) is 6.42 Å². The highest BCUT2D eigenvalue weighted by Gasteiger charge is 2.17. The summed E-state index contributed by atoms with van der Waals surface area (Å²) >= 11 is 0. The van der Waals surface area contributed by atoms with Gasteiger partial charge in [0, 0.05) is 29.7 Å². The number of carbonyl (C=O) groups excluding carboxylic acids is 1. The summed E-state index contributed by atoms with van der Waals surface area (Å²) in [5, 5.41) is 15.8. The third kappa shape index (κ3) is 4.27. The van der Waals surface area contributed by atoms with Crippen LogP contribution in [0.1, 0.15) is 48.2 Å². The van der Waals surface area contributed by atoms with Crippen LogP contribution in [0.5, 0.6) is 0 Å². The molecule has 140 valence electrons. The summed E-state index contributed by atoms with van der Waals surface area (Å²) in [5.74, 6) is 0.559. The van der Waals surface area contributed by atoms with Crippen molar-refractivity contribution in [1.82, 2.24) is 20.5 Å². The average molecular weight is 363 g/mol. The molecule has 1 aliphatic carbocycles. The minimum absolute atomic E-state index is 0.125. The number of fused-ring (bicyclic) bond motifs is 1. The first-order chi connectivity index (χ1) is 13.3. The number of nitrogens with one attached hydrogen (secondary N) is 3. The molecule has 3 N–H and O–H groups in total. The van der Waals surface area contributed by atoms with Gasteiger partial charge in [-0.1, -0.05) is 37.5 Å². The Morgan fingerprint density at radius 1 is 1.07 bits per heavy atom. The fourth-order valence-corrected chi connectivity index (χ4v) is 3.72. The number of benzene rings is 1. The Balaban J connectivity index is 1.29. The first-order valence-electron chi connectivity index (χ1n) is 9.73. The highest BCUT2D eigenvalue weighted by atomic mass is 16.2. The molecule has 0 unspecified atom stereocenters. The summed E-state index contributed by atoms with van der Waals surface area (Å²) in [6, 6.07) is 12.1. The quantitative estimate of drug-likeness (QED) is 0.624. The van der Waals surface area contributed by atoms with E-state index in [1.807, 2.05) is 12.1 Å². The van der Waals surface area contributed by atoms with Crippen LogP contribution in [0.25, 0.3) is 10.9 Å².